The summed E-state index contributed by atoms with van der Waals surface area (Å²) in [4.78, 5) is 13.4. The van der Waals surface area contributed by atoms with Crippen molar-refractivity contribution in [2.75, 3.05) is 19.8 Å². The van der Waals surface area contributed by atoms with Crippen LogP contribution in [0.5, 0.6) is 0 Å². The van der Waals surface area contributed by atoms with Gasteiger partial charge in [-0.2, -0.15) is 0 Å². The Bertz CT molecular complexity index is 350. The number of morpholine rings is 1. The molecule has 1 fully saturated rings. The summed E-state index contributed by atoms with van der Waals surface area (Å²) in [6.45, 7) is 3.65. The fourth-order valence-corrected chi connectivity index (χ4v) is 2.12. The highest BCUT2D eigenvalue weighted by Gasteiger charge is 2.24. The zero-order valence-corrected chi connectivity index (χ0v) is 9.56. The summed E-state index contributed by atoms with van der Waals surface area (Å²) in [5.41, 5.74) is 1.25. The minimum atomic E-state index is 0.143. The van der Waals surface area contributed by atoms with Crippen molar-refractivity contribution in [2.24, 2.45) is 0 Å². The second kappa shape index (κ2) is 5.12. The molecule has 0 saturated carbocycles. The maximum atomic E-state index is 11.5. The maximum Gasteiger partial charge on any atom is 0.219 e. The van der Waals surface area contributed by atoms with Crippen LogP contribution in [0.25, 0.3) is 0 Å². The van der Waals surface area contributed by atoms with E-state index in [0.717, 1.165) is 6.42 Å². The first-order chi connectivity index (χ1) is 7.77. The summed E-state index contributed by atoms with van der Waals surface area (Å²) >= 11 is 0. The SMILES string of the molecule is CC(=O)N1CCOCC1Cc1ccccc1. The molecule has 1 unspecified atom stereocenters. The summed E-state index contributed by atoms with van der Waals surface area (Å²) in [5.74, 6) is 0.143. The van der Waals surface area contributed by atoms with Crippen molar-refractivity contribution in [1.82, 2.24) is 4.90 Å². The monoisotopic (exact) mass is 219 g/mol. The first-order valence-corrected chi connectivity index (χ1v) is 5.66. The van der Waals surface area contributed by atoms with Crippen LogP contribution in [0.1, 0.15) is 12.5 Å². The minimum Gasteiger partial charge on any atom is -0.377 e. The highest BCUT2D eigenvalue weighted by Crippen LogP contribution is 2.13. The van der Waals surface area contributed by atoms with Crippen LogP contribution < -0.4 is 0 Å². The Balaban J connectivity index is 2.04. The molecule has 3 nitrogen and oxygen atoms in total. The Morgan fingerprint density at radius 2 is 2.19 bits per heavy atom. The third-order valence-electron chi connectivity index (χ3n) is 2.95. The molecule has 0 aliphatic carbocycles. The van der Waals surface area contributed by atoms with Gasteiger partial charge in [0.05, 0.1) is 19.3 Å². The van der Waals surface area contributed by atoms with Gasteiger partial charge in [0.1, 0.15) is 0 Å². The van der Waals surface area contributed by atoms with E-state index in [1.807, 2.05) is 23.1 Å². The van der Waals surface area contributed by atoms with Gasteiger partial charge in [-0.1, -0.05) is 30.3 Å². The normalized spacial score (nSPS) is 20.8. The first kappa shape index (κ1) is 11.1. The van der Waals surface area contributed by atoms with E-state index >= 15 is 0 Å². The minimum absolute atomic E-state index is 0.143. The summed E-state index contributed by atoms with van der Waals surface area (Å²) in [5, 5.41) is 0. The van der Waals surface area contributed by atoms with Crippen molar-refractivity contribution in [1.29, 1.82) is 0 Å². The molecule has 86 valence electrons. The van der Waals surface area contributed by atoms with Crippen LogP contribution in [0, 0.1) is 0 Å². The van der Waals surface area contributed by atoms with E-state index in [9.17, 15) is 4.79 Å². The molecule has 1 heterocycles. The molecule has 1 aromatic rings. The average Bonchev–Trinajstić information content (AvgIpc) is 2.31. The number of hydrogen-bond donors (Lipinski definition) is 0. The fourth-order valence-electron chi connectivity index (χ4n) is 2.12. The van der Waals surface area contributed by atoms with Crippen molar-refractivity contribution in [3.8, 4) is 0 Å². The first-order valence-electron chi connectivity index (χ1n) is 5.66. The quantitative estimate of drug-likeness (QED) is 0.754. The van der Waals surface area contributed by atoms with Gasteiger partial charge in [-0.15, -0.1) is 0 Å². The van der Waals surface area contributed by atoms with E-state index < -0.39 is 0 Å². The average molecular weight is 219 g/mol. The molecule has 1 amide bonds. The van der Waals surface area contributed by atoms with Crippen LogP contribution in [0.2, 0.25) is 0 Å². The van der Waals surface area contributed by atoms with Crippen LogP contribution in [0.3, 0.4) is 0 Å². The number of carbonyl (C=O) groups is 1. The molecule has 0 radical (unpaired) electrons. The summed E-state index contributed by atoms with van der Waals surface area (Å²) in [6, 6.07) is 10.4. The third-order valence-corrected chi connectivity index (χ3v) is 2.95. The molecule has 2 rings (SSSR count). The molecule has 0 spiro atoms. The molecule has 1 aliphatic rings. The zero-order chi connectivity index (χ0) is 11.4. The van der Waals surface area contributed by atoms with E-state index in [1.54, 1.807) is 6.92 Å². The number of benzene rings is 1. The third kappa shape index (κ3) is 2.61. The molecular formula is C13H17NO2. The molecule has 1 saturated heterocycles. The van der Waals surface area contributed by atoms with Crippen molar-refractivity contribution in [3.63, 3.8) is 0 Å². The predicted molar refractivity (Wildman–Crippen MR) is 62.1 cm³/mol. The standard InChI is InChI=1S/C13H17NO2/c1-11(15)14-7-8-16-10-13(14)9-12-5-3-2-4-6-12/h2-6,13H,7-10H2,1H3. The molecular weight excluding hydrogens is 202 g/mol. The fraction of sp³-hybridized carbons (Fsp3) is 0.462. The zero-order valence-electron chi connectivity index (χ0n) is 9.56. The van der Waals surface area contributed by atoms with Crippen LogP contribution in [0.15, 0.2) is 30.3 Å². The molecule has 1 aliphatic heterocycles. The number of rotatable bonds is 2. The Morgan fingerprint density at radius 3 is 2.88 bits per heavy atom. The Hall–Kier alpha value is -1.35. The van der Waals surface area contributed by atoms with Crippen LogP contribution >= 0.6 is 0 Å². The smallest absolute Gasteiger partial charge is 0.219 e. The summed E-state index contributed by atoms with van der Waals surface area (Å²) in [7, 11) is 0. The Morgan fingerprint density at radius 1 is 1.44 bits per heavy atom. The lowest BCUT2D eigenvalue weighted by Crippen LogP contribution is -2.48. The van der Waals surface area contributed by atoms with Gasteiger partial charge in [0, 0.05) is 13.5 Å². The van der Waals surface area contributed by atoms with E-state index in [0.29, 0.717) is 19.8 Å². The lowest BCUT2D eigenvalue weighted by molar-refractivity contribution is -0.137. The number of ether oxygens (including phenoxy) is 1. The molecule has 0 bridgehead atoms. The van der Waals surface area contributed by atoms with Crippen molar-refractivity contribution >= 4 is 5.91 Å². The van der Waals surface area contributed by atoms with Gasteiger partial charge < -0.3 is 9.64 Å². The Kier molecular flexibility index (Phi) is 3.57. The van der Waals surface area contributed by atoms with Gasteiger partial charge in [0.15, 0.2) is 0 Å². The highest BCUT2D eigenvalue weighted by molar-refractivity contribution is 5.73. The maximum absolute atomic E-state index is 11.5. The Labute approximate surface area is 96.0 Å². The molecule has 3 heteroatoms. The van der Waals surface area contributed by atoms with Gasteiger partial charge >= 0.3 is 0 Å². The van der Waals surface area contributed by atoms with Crippen LogP contribution in [0.4, 0.5) is 0 Å². The summed E-state index contributed by atoms with van der Waals surface area (Å²) < 4.78 is 5.44. The van der Waals surface area contributed by atoms with Gasteiger partial charge in [0.2, 0.25) is 5.91 Å². The molecule has 0 aromatic heterocycles. The lowest BCUT2D eigenvalue weighted by Gasteiger charge is -2.35. The van der Waals surface area contributed by atoms with Crippen molar-refractivity contribution < 1.29 is 9.53 Å². The number of amides is 1. The lowest BCUT2D eigenvalue weighted by atomic mass is 10.0. The molecule has 1 atom stereocenters. The number of carbonyl (C=O) groups excluding carboxylic acids is 1. The molecule has 1 aromatic carbocycles. The number of hydrogen-bond acceptors (Lipinski definition) is 2. The van der Waals surface area contributed by atoms with E-state index in [1.165, 1.54) is 5.56 Å². The van der Waals surface area contributed by atoms with Gasteiger partial charge in [-0.05, 0) is 12.0 Å². The van der Waals surface area contributed by atoms with E-state index in [-0.39, 0.29) is 11.9 Å². The largest absolute Gasteiger partial charge is 0.377 e. The van der Waals surface area contributed by atoms with Crippen molar-refractivity contribution in [2.45, 2.75) is 19.4 Å². The highest BCUT2D eigenvalue weighted by atomic mass is 16.5. The van der Waals surface area contributed by atoms with E-state index in [2.05, 4.69) is 12.1 Å². The van der Waals surface area contributed by atoms with E-state index in [4.69, 9.17) is 4.74 Å². The summed E-state index contributed by atoms with van der Waals surface area (Å²) in [6.07, 6.45) is 0.875. The van der Waals surface area contributed by atoms with Gasteiger partial charge in [-0.25, -0.2) is 0 Å². The molecule has 0 N–H and O–H groups in total. The second-order valence-electron chi connectivity index (χ2n) is 4.13. The van der Waals surface area contributed by atoms with Crippen LogP contribution in [-0.4, -0.2) is 36.6 Å². The second-order valence-corrected chi connectivity index (χ2v) is 4.13. The van der Waals surface area contributed by atoms with Gasteiger partial charge in [0.25, 0.3) is 0 Å². The predicted octanol–water partition coefficient (Wildman–Crippen LogP) is 1.48. The van der Waals surface area contributed by atoms with Crippen LogP contribution in [-0.2, 0) is 16.0 Å². The van der Waals surface area contributed by atoms with Crippen molar-refractivity contribution in [3.05, 3.63) is 35.9 Å². The number of nitrogens with zero attached hydrogens (tertiary/aromatic N) is 1. The molecule has 16 heavy (non-hydrogen) atoms. The topological polar surface area (TPSA) is 29.5 Å². The van der Waals surface area contributed by atoms with Gasteiger partial charge in [-0.3, -0.25) is 4.79 Å².